The van der Waals surface area contributed by atoms with Gasteiger partial charge in [0.2, 0.25) is 0 Å². The second-order valence-electron chi connectivity index (χ2n) is 5.49. The Morgan fingerprint density at radius 3 is 2.44 bits per heavy atom. The fourth-order valence-corrected chi connectivity index (χ4v) is 2.38. The van der Waals surface area contributed by atoms with E-state index in [2.05, 4.69) is 10.3 Å². The van der Waals surface area contributed by atoms with Gasteiger partial charge < -0.3 is 10.1 Å². The van der Waals surface area contributed by atoms with Crippen LogP contribution < -0.4 is 10.1 Å². The van der Waals surface area contributed by atoms with Crippen molar-refractivity contribution in [3.8, 4) is 5.75 Å². The van der Waals surface area contributed by atoms with Crippen LogP contribution in [-0.4, -0.2) is 4.98 Å². The molecule has 0 fully saturated rings. The van der Waals surface area contributed by atoms with Gasteiger partial charge in [-0.05, 0) is 35.4 Å². The van der Waals surface area contributed by atoms with E-state index in [1.54, 1.807) is 18.3 Å². The molecule has 0 aliphatic heterocycles. The number of hydrogen-bond donors (Lipinski definition) is 1. The first kappa shape index (κ1) is 18.9. The van der Waals surface area contributed by atoms with Crippen molar-refractivity contribution in [2.75, 3.05) is 0 Å². The van der Waals surface area contributed by atoms with Gasteiger partial charge in [-0.15, -0.1) is 12.4 Å². The van der Waals surface area contributed by atoms with Crippen LogP contribution >= 0.6 is 12.4 Å². The van der Waals surface area contributed by atoms with Gasteiger partial charge in [0.1, 0.15) is 18.2 Å². The van der Waals surface area contributed by atoms with Gasteiger partial charge >= 0.3 is 0 Å². The number of hydrogen-bond acceptors (Lipinski definition) is 3. The van der Waals surface area contributed by atoms with E-state index in [4.69, 9.17) is 4.74 Å². The quantitative estimate of drug-likeness (QED) is 0.674. The number of rotatable bonds is 7. The molecule has 3 rings (SSSR count). The summed E-state index contributed by atoms with van der Waals surface area (Å²) in [6.07, 6.45) is 3.62. The summed E-state index contributed by atoms with van der Waals surface area (Å²) in [6, 6.07) is 18.3. The molecule has 0 saturated heterocycles. The minimum atomic E-state index is -0.237. The zero-order valence-electron chi connectivity index (χ0n) is 13.7. The number of benzene rings is 2. The predicted molar refractivity (Wildman–Crippen MR) is 99.2 cm³/mol. The van der Waals surface area contributed by atoms with E-state index in [1.807, 2.05) is 42.6 Å². The Hall–Kier alpha value is -2.43. The average molecular weight is 359 g/mol. The molecule has 0 aliphatic rings. The zero-order chi connectivity index (χ0) is 16.6. The van der Waals surface area contributed by atoms with Gasteiger partial charge in [-0.25, -0.2) is 4.39 Å². The number of pyridine rings is 1. The summed E-state index contributed by atoms with van der Waals surface area (Å²) in [6.45, 7) is 1.87. The lowest BCUT2D eigenvalue weighted by molar-refractivity contribution is 0.302. The van der Waals surface area contributed by atoms with E-state index in [9.17, 15) is 4.39 Å². The summed E-state index contributed by atoms with van der Waals surface area (Å²) in [5.41, 5.74) is 3.17. The molecule has 0 saturated carbocycles. The van der Waals surface area contributed by atoms with Crippen molar-refractivity contribution in [1.29, 1.82) is 0 Å². The van der Waals surface area contributed by atoms with Crippen LogP contribution in [0.15, 0.2) is 73.1 Å². The van der Waals surface area contributed by atoms with Crippen LogP contribution in [0.4, 0.5) is 4.39 Å². The monoisotopic (exact) mass is 358 g/mol. The standard InChI is InChI=1S/C20H19FN2O.ClH/c21-19-9-7-16(8-10-19)15-24-20-6-2-1-5-18(20)14-23-13-17-4-3-11-22-12-17;/h1-12,23H,13-15H2;1H. The van der Waals surface area contributed by atoms with Crippen LogP contribution in [0.3, 0.4) is 0 Å². The molecule has 3 nitrogen and oxygen atoms in total. The first-order chi connectivity index (χ1) is 11.8. The molecule has 0 spiro atoms. The number of nitrogens with one attached hydrogen (secondary N) is 1. The average Bonchev–Trinajstić information content (AvgIpc) is 2.63. The SMILES string of the molecule is Cl.Fc1ccc(COc2ccccc2CNCc2cccnc2)cc1. The number of aromatic nitrogens is 1. The van der Waals surface area contributed by atoms with Gasteiger partial charge in [0.05, 0.1) is 0 Å². The van der Waals surface area contributed by atoms with Crippen LogP contribution in [0.25, 0.3) is 0 Å². The third-order valence-corrected chi connectivity index (χ3v) is 3.65. The molecule has 25 heavy (non-hydrogen) atoms. The molecule has 0 aliphatic carbocycles. The Kier molecular flexibility index (Phi) is 7.38. The van der Waals surface area contributed by atoms with Gasteiger partial charge in [-0.2, -0.15) is 0 Å². The summed E-state index contributed by atoms with van der Waals surface area (Å²) in [5, 5.41) is 3.39. The third kappa shape index (κ3) is 5.85. The van der Waals surface area contributed by atoms with Crippen molar-refractivity contribution in [3.63, 3.8) is 0 Å². The smallest absolute Gasteiger partial charge is 0.124 e. The normalized spacial score (nSPS) is 10.1. The van der Waals surface area contributed by atoms with Crippen molar-refractivity contribution in [2.45, 2.75) is 19.7 Å². The fourth-order valence-electron chi connectivity index (χ4n) is 2.38. The Labute approximate surface area is 153 Å². The summed E-state index contributed by atoms with van der Waals surface area (Å²) >= 11 is 0. The van der Waals surface area contributed by atoms with Crippen LogP contribution in [0, 0.1) is 5.82 Å². The maximum absolute atomic E-state index is 12.9. The number of nitrogens with zero attached hydrogens (tertiary/aromatic N) is 1. The van der Waals surface area contributed by atoms with E-state index < -0.39 is 0 Å². The summed E-state index contributed by atoms with van der Waals surface area (Å²) < 4.78 is 18.8. The maximum Gasteiger partial charge on any atom is 0.124 e. The third-order valence-electron chi connectivity index (χ3n) is 3.65. The Morgan fingerprint density at radius 1 is 0.880 bits per heavy atom. The molecule has 0 amide bonds. The molecule has 0 radical (unpaired) electrons. The zero-order valence-corrected chi connectivity index (χ0v) is 14.5. The first-order valence-electron chi connectivity index (χ1n) is 7.86. The van der Waals surface area contributed by atoms with Crippen molar-refractivity contribution in [2.24, 2.45) is 0 Å². The molecule has 5 heteroatoms. The molecule has 2 aromatic carbocycles. The van der Waals surface area contributed by atoms with Crippen LogP contribution in [0.5, 0.6) is 5.75 Å². The lowest BCUT2D eigenvalue weighted by Gasteiger charge is -2.12. The van der Waals surface area contributed by atoms with Gasteiger partial charge in [-0.1, -0.05) is 36.4 Å². The largest absolute Gasteiger partial charge is 0.489 e. The number of halogens is 2. The summed E-state index contributed by atoms with van der Waals surface area (Å²) in [7, 11) is 0. The molecule has 1 heterocycles. The fraction of sp³-hybridized carbons (Fsp3) is 0.150. The highest BCUT2D eigenvalue weighted by atomic mass is 35.5. The van der Waals surface area contributed by atoms with Crippen LogP contribution in [0.1, 0.15) is 16.7 Å². The highest BCUT2D eigenvalue weighted by Crippen LogP contribution is 2.19. The molecule has 1 N–H and O–H groups in total. The number of ether oxygens (including phenoxy) is 1. The van der Waals surface area contributed by atoms with Crippen LogP contribution in [0.2, 0.25) is 0 Å². The lowest BCUT2D eigenvalue weighted by atomic mass is 10.2. The molecule has 130 valence electrons. The Balaban J connectivity index is 0.00000225. The Bertz CT molecular complexity index is 766. The topological polar surface area (TPSA) is 34.1 Å². The molecule has 1 aromatic heterocycles. The Morgan fingerprint density at radius 2 is 1.68 bits per heavy atom. The van der Waals surface area contributed by atoms with Crippen molar-refractivity contribution >= 4 is 12.4 Å². The minimum absolute atomic E-state index is 0. The van der Waals surface area contributed by atoms with E-state index in [-0.39, 0.29) is 18.2 Å². The molecule has 0 unspecified atom stereocenters. The van der Waals surface area contributed by atoms with E-state index in [0.29, 0.717) is 13.2 Å². The van der Waals surface area contributed by atoms with Crippen LogP contribution in [-0.2, 0) is 19.7 Å². The van der Waals surface area contributed by atoms with E-state index in [1.165, 1.54) is 12.1 Å². The second kappa shape index (κ2) is 9.77. The van der Waals surface area contributed by atoms with Gasteiger partial charge in [0.25, 0.3) is 0 Å². The molecule has 3 aromatic rings. The van der Waals surface area contributed by atoms with Gasteiger partial charge in [0, 0.05) is 31.0 Å². The van der Waals surface area contributed by atoms with Crippen molar-refractivity contribution in [1.82, 2.24) is 10.3 Å². The highest BCUT2D eigenvalue weighted by Gasteiger charge is 2.04. The molecule has 0 bridgehead atoms. The maximum atomic E-state index is 12.9. The number of para-hydroxylation sites is 1. The second-order valence-corrected chi connectivity index (χ2v) is 5.49. The predicted octanol–water partition coefficient (Wildman–Crippen LogP) is 4.51. The molecular weight excluding hydrogens is 339 g/mol. The lowest BCUT2D eigenvalue weighted by Crippen LogP contribution is -2.13. The van der Waals surface area contributed by atoms with E-state index >= 15 is 0 Å². The van der Waals surface area contributed by atoms with E-state index in [0.717, 1.165) is 29.0 Å². The molecular formula is C20H20ClFN2O. The summed E-state index contributed by atoms with van der Waals surface area (Å²) in [4.78, 5) is 4.11. The first-order valence-corrected chi connectivity index (χ1v) is 7.86. The van der Waals surface area contributed by atoms with Crippen molar-refractivity contribution in [3.05, 3.63) is 95.6 Å². The highest BCUT2D eigenvalue weighted by molar-refractivity contribution is 5.85. The van der Waals surface area contributed by atoms with Gasteiger partial charge in [-0.3, -0.25) is 4.98 Å². The van der Waals surface area contributed by atoms with Crippen molar-refractivity contribution < 1.29 is 9.13 Å². The summed E-state index contributed by atoms with van der Waals surface area (Å²) in [5.74, 6) is 0.597. The minimum Gasteiger partial charge on any atom is -0.489 e. The van der Waals surface area contributed by atoms with Gasteiger partial charge in [0.15, 0.2) is 0 Å². The molecule has 0 atom stereocenters.